The summed E-state index contributed by atoms with van der Waals surface area (Å²) in [4.78, 5) is 14.6. The zero-order chi connectivity index (χ0) is 16.9. The Labute approximate surface area is 140 Å². The van der Waals surface area contributed by atoms with Crippen LogP contribution in [0, 0.1) is 5.82 Å². The van der Waals surface area contributed by atoms with E-state index in [-0.39, 0.29) is 11.7 Å². The second kappa shape index (κ2) is 7.31. The van der Waals surface area contributed by atoms with Gasteiger partial charge in [0.05, 0.1) is 31.7 Å². The molecular formula is C18H19FN2O3. The fourth-order valence-corrected chi connectivity index (χ4v) is 2.62. The van der Waals surface area contributed by atoms with Gasteiger partial charge >= 0.3 is 0 Å². The summed E-state index contributed by atoms with van der Waals surface area (Å²) < 4.78 is 23.7. The number of hydrogen-bond donors (Lipinski definition) is 1. The zero-order valence-electron chi connectivity index (χ0n) is 13.4. The van der Waals surface area contributed by atoms with Crippen LogP contribution in [0.25, 0.3) is 0 Å². The Bertz CT molecular complexity index is 713. The van der Waals surface area contributed by atoms with Crippen molar-refractivity contribution in [3.05, 3.63) is 53.8 Å². The minimum absolute atomic E-state index is 0.294. The smallest absolute Gasteiger partial charge is 0.255 e. The summed E-state index contributed by atoms with van der Waals surface area (Å²) >= 11 is 0. The first-order valence-electron chi connectivity index (χ1n) is 7.75. The summed E-state index contributed by atoms with van der Waals surface area (Å²) in [6.45, 7) is 2.81. The lowest BCUT2D eigenvalue weighted by Crippen LogP contribution is -2.36. The molecule has 0 spiro atoms. The fourth-order valence-electron chi connectivity index (χ4n) is 2.62. The first kappa shape index (κ1) is 16.3. The number of hydrogen-bond acceptors (Lipinski definition) is 4. The number of benzene rings is 2. The molecule has 1 N–H and O–H groups in total. The van der Waals surface area contributed by atoms with Gasteiger partial charge in [-0.25, -0.2) is 4.39 Å². The highest BCUT2D eigenvalue weighted by atomic mass is 19.1. The lowest BCUT2D eigenvalue weighted by Gasteiger charge is -2.30. The molecule has 0 saturated carbocycles. The number of nitrogens with one attached hydrogen (secondary N) is 1. The molecule has 5 nitrogen and oxygen atoms in total. The monoisotopic (exact) mass is 330 g/mol. The van der Waals surface area contributed by atoms with Gasteiger partial charge in [0.15, 0.2) is 0 Å². The second-order valence-electron chi connectivity index (χ2n) is 5.44. The predicted molar refractivity (Wildman–Crippen MR) is 90.4 cm³/mol. The summed E-state index contributed by atoms with van der Waals surface area (Å²) in [5.41, 5.74) is 1.97. The highest BCUT2D eigenvalue weighted by Gasteiger charge is 2.17. The number of anilines is 2. The largest absolute Gasteiger partial charge is 0.497 e. The summed E-state index contributed by atoms with van der Waals surface area (Å²) in [6, 6.07) is 11.0. The molecule has 1 aliphatic heterocycles. The van der Waals surface area contributed by atoms with Crippen LogP contribution in [-0.4, -0.2) is 39.3 Å². The summed E-state index contributed by atoms with van der Waals surface area (Å²) in [6.07, 6.45) is 0. The van der Waals surface area contributed by atoms with Crippen molar-refractivity contribution in [2.24, 2.45) is 0 Å². The number of halogens is 1. The molecule has 6 heteroatoms. The van der Waals surface area contributed by atoms with Crippen LogP contribution < -0.4 is 15.0 Å². The van der Waals surface area contributed by atoms with Gasteiger partial charge in [-0.05, 0) is 36.4 Å². The van der Waals surface area contributed by atoms with Gasteiger partial charge in [-0.3, -0.25) is 4.79 Å². The number of methoxy groups -OCH3 is 1. The molecule has 1 amide bonds. The van der Waals surface area contributed by atoms with E-state index < -0.39 is 0 Å². The number of carbonyl (C=O) groups is 1. The number of rotatable bonds is 4. The molecule has 126 valence electrons. The maximum Gasteiger partial charge on any atom is 0.255 e. The van der Waals surface area contributed by atoms with Crippen LogP contribution in [0.1, 0.15) is 10.4 Å². The van der Waals surface area contributed by atoms with Crippen molar-refractivity contribution in [1.82, 2.24) is 0 Å². The number of nitrogens with zero attached hydrogens (tertiary/aromatic N) is 1. The van der Waals surface area contributed by atoms with Crippen molar-refractivity contribution in [1.29, 1.82) is 0 Å². The van der Waals surface area contributed by atoms with Crippen LogP contribution in [0.4, 0.5) is 15.8 Å². The maximum atomic E-state index is 13.0. The van der Waals surface area contributed by atoms with Gasteiger partial charge < -0.3 is 19.7 Å². The minimum Gasteiger partial charge on any atom is -0.497 e. The Hall–Kier alpha value is -2.60. The molecule has 0 unspecified atom stereocenters. The number of amides is 1. The van der Waals surface area contributed by atoms with Gasteiger partial charge in [-0.1, -0.05) is 0 Å². The average molecular weight is 330 g/mol. The Morgan fingerprint density at radius 2 is 1.88 bits per heavy atom. The van der Waals surface area contributed by atoms with Crippen LogP contribution in [0.2, 0.25) is 0 Å². The topological polar surface area (TPSA) is 50.8 Å². The summed E-state index contributed by atoms with van der Waals surface area (Å²) in [5.74, 6) is -0.0129. The quantitative estimate of drug-likeness (QED) is 0.936. The highest BCUT2D eigenvalue weighted by molar-refractivity contribution is 6.06. The first-order chi connectivity index (χ1) is 11.7. The van der Waals surface area contributed by atoms with E-state index in [2.05, 4.69) is 10.2 Å². The molecule has 2 aromatic carbocycles. The zero-order valence-corrected chi connectivity index (χ0v) is 13.4. The van der Waals surface area contributed by atoms with Crippen molar-refractivity contribution in [2.75, 3.05) is 43.6 Å². The van der Waals surface area contributed by atoms with Gasteiger partial charge in [0.25, 0.3) is 5.91 Å². The third kappa shape index (κ3) is 3.65. The molecule has 24 heavy (non-hydrogen) atoms. The van der Waals surface area contributed by atoms with E-state index in [1.165, 1.54) is 24.3 Å². The van der Waals surface area contributed by atoms with E-state index in [4.69, 9.17) is 9.47 Å². The molecule has 1 saturated heterocycles. The molecule has 1 aliphatic rings. The van der Waals surface area contributed by atoms with E-state index in [0.717, 1.165) is 18.8 Å². The molecule has 0 aromatic heterocycles. The number of morpholine rings is 1. The molecule has 0 atom stereocenters. The van der Waals surface area contributed by atoms with Crippen molar-refractivity contribution in [3.8, 4) is 5.75 Å². The molecule has 2 aromatic rings. The summed E-state index contributed by atoms with van der Waals surface area (Å²) in [5, 5.41) is 2.89. The van der Waals surface area contributed by atoms with Crippen molar-refractivity contribution >= 4 is 17.3 Å². The lowest BCUT2D eigenvalue weighted by atomic mass is 10.1. The first-order valence-corrected chi connectivity index (χ1v) is 7.75. The second-order valence-corrected chi connectivity index (χ2v) is 5.44. The van der Waals surface area contributed by atoms with Crippen molar-refractivity contribution in [3.63, 3.8) is 0 Å². The molecule has 1 heterocycles. The third-order valence-electron chi connectivity index (χ3n) is 3.91. The van der Waals surface area contributed by atoms with Crippen LogP contribution in [-0.2, 0) is 4.74 Å². The molecule has 3 rings (SSSR count). The predicted octanol–water partition coefficient (Wildman–Crippen LogP) is 2.92. The maximum absolute atomic E-state index is 13.0. The Morgan fingerprint density at radius 1 is 1.17 bits per heavy atom. The molecule has 0 radical (unpaired) electrons. The van der Waals surface area contributed by atoms with Crippen LogP contribution in [0.5, 0.6) is 5.75 Å². The van der Waals surface area contributed by atoms with E-state index in [9.17, 15) is 9.18 Å². The van der Waals surface area contributed by atoms with Crippen LogP contribution >= 0.6 is 0 Å². The standard InChI is InChI=1S/C18H19FN2O3/c1-23-15-6-7-17(21-8-10-24-11-9-21)16(12-15)20-18(22)13-2-4-14(19)5-3-13/h2-7,12H,8-11H2,1H3,(H,20,22). The Morgan fingerprint density at radius 3 is 2.54 bits per heavy atom. The van der Waals surface area contributed by atoms with Crippen LogP contribution in [0.15, 0.2) is 42.5 Å². The van der Waals surface area contributed by atoms with Gasteiger partial charge in [0, 0.05) is 24.7 Å². The van der Waals surface area contributed by atoms with E-state index in [1.54, 1.807) is 13.2 Å². The molecule has 1 fully saturated rings. The van der Waals surface area contributed by atoms with E-state index in [0.29, 0.717) is 30.2 Å². The van der Waals surface area contributed by atoms with Gasteiger partial charge in [0.1, 0.15) is 11.6 Å². The molecule has 0 aliphatic carbocycles. The molecular weight excluding hydrogens is 311 g/mol. The minimum atomic E-state index is -0.373. The van der Waals surface area contributed by atoms with Crippen molar-refractivity contribution in [2.45, 2.75) is 0 Å². The molecule has 0 bridgehead atoms. The highest BCUT2D eigenvalue weighted by Crippen LogP contribution is 2.31. The normalized spacial score (nSPS) is 14.3. The van der Waals surface area contributed by atoms with Crippen LogP contribution in [0.3, 0.4) is 0 Å². The Kier molecular flexibility index (Phi) is 4.96. The van der Waals surface area contributed by atoms with Gasteiger partial charge in [-0.2, -0.15) is 0 Å². The SMILES string of the molecule is COc1ccc(N2CCOCC2)c(NC(=O)c2ccc(F)cc2)c1. The van der Waals surface area contributed by atoms with Gasteiger partial charge in [-0.15, -0.1) is 0 Å². The number of ether oxygens (including phenoxy) is 2. The lowest BCUT2D eigenvalue weighted by molar-refractivity contribution is 0.102. The summed E-state index contributed by atoms with van der Waals surface area (Å²) in [7, 11) is 1.58. The Balaban J connectivity index is 1.86. The van der Waals surface area contributed by atoms with E-state index in [1.807, 2.05) is 12.1 Å². The van der Waals surface area contributed by atoms with Crippen molar-refractivity contribution < 1.29 is 18.7 Å². The number of carbonyl (C=O) groups excluding carboxylic acids is 1. The van der Waals surface area contributed by atoms with E-state index >= 15 is 0 Å². The third-order valence-corrected chi connectivity index (χ3v) is 3.91. The van der Waals surface area contributed by atoms with Gasteiger partial charge in [0.2, 0.25) is 0 Å². The fraction of sp³-hybridized carbons (Fsp3) is 0.278. The average Bonchev–Trinajstić information content (AvgIpc) is 2.63.